The third-order valence-corrected chi connectivity index (χ3v) is 4.90. The third kappa shape index (κ3) is 4.63. The van der Waals surface area contributed by atoms with E-state index < -0.39 is 5.51 Å². The SMILES string of the molecule is CC(C1CC1)N(C)C(CN)c1ccc(SC(F)(F)F)cc1. The summed E-state index contributed by atoms with van der Waals surface area (Å²) >= 11 is -0.0865. The van der Waals surface area contributed by atoms with Crippen molar-refractivity contribution in [3.05, 3.63) is 29.8 Å². The van der Waals surface area contributed by atoms with E-state index in [1.54, 1.807) is 12.1 Å². The van der Waals surface area contributed by atoms with Crippen LogP contribution in [0, 0.1) is 5.92 Å². The summed E-state index contributed by atoms with van der Waals surface area (Å²) < 4.78 is 37.0. The van der Waals surface area contributed by atoms with Gasteiger partial charge in [0.15, 0.2) is 0 Å². The topological polar surface area (TPSA) is 29.3 Å². The van der Waals surface area contributed by atoms with Gasteiger partial charge < -0.3 is 5.73 Å². The standard InChI is InChI=1S/C15H21F3N2S/c1-10(11-3-4-11)20(2)14(9-19)12-5-7-13(8-6-12)21-15(16,17)18/h5-8,10-11,14H,3-4,9,19H2,1-2H3. The Bertz CT molecular complexity index is 457. The van der Waals surface area contributed by atoms with Crippen molar-refractivity contribution >= 4 is 11.8 Å². The number of likely N-dealkylation sites (N-methyl/N-ethyl adjacent to an activating group) is 1. The van der Waals surface area contributed by atoms with E-state index in [9.17, 15) is 13.2 Å². The van der Waals surface area contributed by atoms with E-state index in [0.29, 0.717) is 12.6 Å². The van der Waals surface area contributed by atoms with Crippen LogP contribution in [0.25, 0.3) is 0 Å². The molecule has 1 aromatic rings. The zero-order chi connectivity index (χ0) is 15.6. The molecule has 2 atom stereocenters. The van der Waals surface area contributed by atoms with Gasteiger partial charge in [-0.2, -0.15) is 13.2 Å². The lowest BCUT2D eigenvalue weighted by Gasteiger charge is -2.33. The maximum atomic E-state index is 12.3. The van der Waals surface area contributed by atoms with E-state index in [-0.39, 0.29) is 22.7 Å². The van der Waals surface area contributed by atoms with Crippen molar-refractivity contribution in [1.82, 2.24) is 4.90 Å². The molecular formula is C15H21F3N2S. The highest BCUT2D eigenvalue weighted by Crippen LogP contribution is 2.39. The number of hydrogen-bond acceptors (Lipinski definition) is 3. The van der Waals surface area contributed by atoms with Crippen LogP contribution in [0.15, 0.2) is 29.2 Å². The highest BCUT2D eigenvalue weighted by Gasteiger charge is 2.33. The number of nitrogens with two attached hydrogens (primary N) is 1. The average molecular weight is 318 g/mol. The van der Waals surface area contributed by atoms with E-state index in [2.05, 4.69) is 11.8 Å². The fourth-order valence-electron chi connectivity index (χ4n) is 2.62. The van der Waals surface area contributed by atoms with Crippen LogP contribution in [0.1, 0.15) is 31.4 Å². The van der Waals surface area contributed by atoms with Gasteiger partial charge in [0.1, 0.15) is 0 Å². The van der Waals surface area contributed by atoms with Gasteiger partial charge in [0.25, 0.3) is 0 Å². The summed E-state index contributed by atoms with van der Waals surface area (Å²) in [5, 5.41) is 0. The molecule has 0 aromatic heterocycles. The van der Waals surface area contributed by atoms with E-state index in [1.807, 2.05) is 7.05 Å². The van der Waals surface area contributed by atoms with E-state index >= 15 is 0 Å². The number of hydrogen-bond donors (Lipinski definition) is 1. The molecule has 1 saturated carbocycles. The van der Waals surface area contributed by atoms with Crippen LogP contribution < -0.4 is 5.73 Å². The van der Waals surface area contributed by atoms with Crippen LogP contribution in [-0.2, 0) is 0 Å². The number of rotatable bonds is 6. The van der Waals surface area contributed by atoms with Gasteiger partial charge in [-0.15, -0.1) is 0 Å². The summed E-state index contributed by atoms with van der Waals surface area (Å²) in [6.45, 7) is 2.65. The molecule has 2 N–H and O–H groups in total. The van der Waals surface area contributed by atoms with Crippen molar-refractivity contribution in [3.8, 4) is 0 Å². The van der Waals surface area contributed by atoms with Crippen molar-refractivity contribution in [2.24, 2.45) is 11.7 Å². The van der Waals surface area contributed by atoms with E-state index in [1.165, 1.54) is 25.0 Å². The van der Waals surface area contributed by atoms with Crippen LogP contribution in [0.2, 0.25) is 0 Å². The first kappa shape index (κ1) is 16.6. The summed E-state index contributed by atoms with van der Waals surface area (Å²) in [6, 6.07) is 7.04. The van der Waals surface area contributed by atoms with Crippen LogP contribution in [0.5, 0.6) is 0 Å². The maximum Gasteiger partial charge on any atom is 0.446 e. The molecule has 6 heteroatoms. The minimum Gasteiger partial charge on any atom is -0.329 e. The summed E-state index contributed by atoms with van der Waals surface area (Å²) in [5.74, 6) is 0.726. The van der Waals surface area contributed by atoms with Gasteiger partial charge in [-0.1, -0.05) is 12.1 Å². The fourth-order valence-corrected chi connectivity index (χ4v) is 3.16. The minimum absolute atomic E-state index is 0.0468. The monoisotopic (exact) mass is 318 g/mol. The Morgan fingerprint density at radius 1 is 1.29 bits per heavy atom. The van der Waals surface area contributed by atoms with Crippen molar-refractivity contribution < 1.29 is 13.2 Å². The number of halogens is 3. The first-order valence-electron chi connectivity index (χ1n) is 7.09. The largest absolute Gasteiger partial charge is 0.446 e. The molecule has 1 aliphatic carbocycles. The van der Waals surface area contributed by atoms with Crippen molar-refractivity contribution in [3.63, 3.8) is 0 Å². The van der Waals surface area contributed by atoms with Crippen molar-refractivity contribution in [2.45, 2.75) is 42.3 Å². The molecule has 0 saturated heterocycles. The van der Waals surface area contributed by atoms with Gasteiger partial charge in [0, 0.05) is 23.5 Å². The molecule has 2 rings (SSSR count). The molecular weight excluding hydrogens is 297 g/mol. The molecule has 0 heterocycles. The van der Waals surface area contributed by atoms with Crippen LogP contribution >= 0.6 is 11.8 Å². The Morgan fingerprint density at radius 3 is 2.29 bits per heavy atom. The molecule has 0 aliphatic heterocycles. The zero-order valence-corrected chi connectivity index (χ0v) is 13.0. The molecule has 1 aliphatic rings. The van der Waals surface area contributed by atoms with Crippen LogP contribution in [0.3, 0.4) is 0 Å². The molecule has 0 amide bonds. The average Bonchev–Trinajstić information content (AvgIpc) is 3.23. The number of benzene rings is 1. The lowest BCUT2D eigenvalue weighted by atomic mass is 10.0. The number of thioether (sulfide) groups is 1. The van der Waals surface area contributed by atoms with Crippen LogP contribution in [0.4, 0.5) is 13.2 Å². The van der Waals surface area contributed by atoms with E-state index in [4.69, 9.17) is 5.73 Å². The summed E-state index contributed by atoms with van der Waals surface area (Å²) in [6.07, 6.45) is 2.51. The van der Waals surface area contributed by atoms with Crippen molar-refractivity contribution in [2.75, 3.05) is 13.6 Å². The van der Waals surface area contributed by atoms with Crippen LogP contribution in [-0.4, -0.2) is 30.0 Å². The van der Waals surface area contributed by atoms with Gasteiger partial charge in [-0.25, -0.2) is 0 Å². The Labute approximate surface area is 127 Å². The highest BCUT2D eigenvalue weighted by atomic mass is 32.2. The Hall–Kier alpha value is -0.720. The second-order valence-corrected chi connectivity index (χ2v) is 6.75. The normalized spacial score (nSPS) is 18.8. The minimum atomic E-state index is -4.24. The molecule has 0 bridgehead atoms. The number of nitrogens with zero attached hydrogens (tertiary/aromatic N) is 1. The van der Waals surface area contributed by atoms with Crippen molar-refractivity contribution in [1.29, 1.82) is 0 Å². The Balaban J connectivity index is 2.07. The molecule has 21 heavy (non-hydrogen) atoms. The quantitative estimate of drug-likeness (QED) is 0.803. The van der Waals surface area contributed by atoms with Gasteiger partial charge in [-0.05, 0) is 62.2 Å². The van der Waals surface area contributed by atoms with Gasteiger partial charge in [0.05, 0.1) is 0 Å². The molecule has 0 radical (unpaired) electrons. The van der Waals surface area contributed by atoms with E-state index in [0.717, 1.165) is 11.5 Å². The molecule has 2 unspecified atom stereocenters. The van der Waals surface area contributed by atoms with Gasteiger partial charge >= 0.3 is 5.51 Å². The number of alkyl halides is 3. The molecule has 118 valence electrons. The summed E-state index contributed by atoms with van der Waals surface area (Å²) in [5.41, 5.74) is 2.60. The third-order valence-electron chi connectivity index (χ3n) is 4.16. The predicted octanol–water partition coefficient (Wildman–Crippen LogP) is 4.03. The predicted molar refractivity (Wildman–Crippen MR) is 80.1 cm³/mol. The molecule has 1 aromatic carbocycles. The maximum absolute atomic E-state index is 12.3. The summed E-state index contributed by atoms with van der Waals surface area (Å²) in [4.78, 5) is 2.45. The Kier molecular flexibility index (Phi) is 5.22. The highest BCUT2D eigenvalue weighted by molar-refractivity contribution is 8.00. The summed E-state index contributed by atoms with van der Waals surface area (Å²) in [7, 11) is 2.04. The zero-order valence-electron chi connectivity index (χ0n) is 12.2. The van der Waals surface area contributed by atoms with Gasteiger partial charge in [0.2, 0.25) is 0 Å². The lowest BCUT2D eigenvalue weighted by Crippen LogP contribution is -2.38. The molecule has 1 fully saturated rings. The first-order valence-corrected chi connectivity index (χ1v) is 7.91. The lowest BCUT2D eigenvalue weighted by molar-refractivity contribution is -0.0328. The smallest absolute Gasteiger partial charge is 0.329 e. The molecule has 2 nitrogen and oxygen atoms in total. The second-order valence-electron chi connectivity index (χ2n) is 5.61. The Morgan fingerprint density at radius 2 is 1.86 bits per heavy atom. The fraction of sp³-hybridized carbons (Fsp3) is 0.600. The first-order chi connectivity index (χ1) is 9.81. The molecule has 0 spiro atoms. The van der Waals surface area contributed by atoms with Gasteiger partial charge in [-0.3, -0.25) is 4.90 Å². The second kappa shape index (κ2) is 6.58.